The fourth-order valence-electron chi connectivity index (χ4n) is 4.83. The Morgan fingerprint density at radius 1 is 1.10 bits per heavy atom. The third kappa shape index (κ3) is 4.00. The molecule has 2 aromatic rings. The Hall–Kier alpha value is -2.62. The monoisotopic (exact) mass is 404 g/mol. The number of likely N-dealkylation sites (tertiary alicyclic amines) is 1. The van der Waals surface area contributed by atoms with E-state index in [-0.39, 0.29) is 17.7 Å². The molecule has 1 aliphatic heterocycles. The van der Waals surface area contributed by atoms with Crippen molar-refractivity contribution < 1.29 is 9.59 Å². The molecule has 0 N–H and O–H groups in total. The largest absolute Gasteiger partial charge is 0.348 e. The van der Waals surface area contributed by atoms with Crippen LogP contribution in [0.1, 0.15) is 30.9 Å². The molecule has 0 radical (unpaired) electrons. The Balaban J connectivity index is 1.59. The number of aryl methyl sites for hydroxylation is 1. The first kappa shape index (κ1) is 20.6. The lowest BCUT2D eigenvalue weighted by atomic mass is 9.79. The second kappa shape index (κ2) is 7.90. The van der Waals surface area contributed by atoms with Gasteiger partial charge in [0.15, 0.2) is 0 Å². The molecule has 1 heterocycles. The standard InChI is InChI=1S/C26H32N2O2/c1-18-8-10-21(11-9-18)22-7-5-6-20(15-22)16-26(25(30)27(3)4)12-13-28(17-26)24(29)23-14-19(23)2/h5-11,15,19,23H,12-14,16-17H2,1-4H3/t19-,23-,26+/m0/s1. The van der Waals surface area contributed by atoms with Gasteiger partial charge in [0.1, 0.15) is 0 Å². The molecule has 0 aromatic heterocycles. The molecule has 1 saturated carbocycles. The number of carbonyl (C=O) groups is 2. The summed E-state index contributed by atoms with van der Waals surface area (Å²) in [5.41, 5.74) is 4.20. The van der Waals surface area contributed by atoms with Gasteiger partial charge in [0.25, 0.3) is 0 Å². The molecule has 158 valence electrons. The smallest absolute Gasteiger partial charge is 0.230 e. The maximum absolute atomic E-state index is 13.3. The van der Waals surface area contributed by atoms with Crippen molar-refractivity contribution >= 4 is 11.8 Å². The lowest BCUT2D eigenvalue weighted by Crippen LogP contribution is -2.45. The van der Waals surface area contributed by atoms with Crippen molar-refractivity contribution in [2.24, 2.45) is 17.3 Å². The lowest BCUT2D eigenvalue weighted by molar-refractivity contribution is -0.140. The molecule has 2 fully saturated rings. The van der Waals surface area contributed by atoms with E-state index >= 15 is 0 Å². The van der Waals surface area contributed by atoms with Crippen LogP contribution < -0.4 is 0 Å². The van der Waals surface area contributed by atoms with Crippen LogP contribution in [0, 0.1) is 24.2 Å². The van der Waals surface area contributed by atoms with Crippen LogP contribution in [-0.4, -0.2) is 48.8 Å². The Labute approximate surface area is 179 Å². The summed E-state index contributed by atoms with van der Waals surface area (Å²) in [6.07, 6.45) is 2.38. The Morgan fingerprint density at radius 2 is 1.80 bits per heavy atom. The summed E-state index contributed by atoms with van der Waals surface area (Å²) in [4.78, 5) is 29.7. The van der Waals surface area contributed by atoms with Gasteiger partial charge in [-0.05, 0) is 48.8 Å². The predicted octanol–water partition coefficient (Wildman–Crippen LogP) is 4.17. The summed E-state index contributed by atoms with van der Waals surface area (Å²) < 4.78 is 0. The average molecular weight is 405 g/mol. The van der Waals surface area contributed by atoms with Gasteiger partial charge in [-0.1, -0.05) is 61.0 Å². The summed E-state index contributed by atoms with van der Waals surface area (Å²) in [6, 6.07) is 17.0. The molecule has 1 saturated heterocycles. The molecular formula is C26H32N2O2. The number of nitrogens with zero attached hydrogens (tertiary/aromatic N) is 2. The number of rotatable bonds is 5. The molecule has 2 aliphatic rings. The number of hydrogen-bond acceptors (Lipinski definition) is 2. The van der Waals surface area contributed by atoms with Crippen molar-refractivity contribution in [3.05, 3.63) is 59.7 Å². The Morgan fingerprint density at radius 3 is 2.43 bits per heavy atom. The molecule has 0 spiro atoms. The van der Waals surface area contributed by atoms with E-state index in [1.165, 1.54) is 11.1 Å². The van der Waals surface area contributed by atoms with Gasteiger partial charge in [-0.2, -0.15) is 0 Å². The highest BCUT2D eigenvalue weighted by molar-refractivity contribution is 5.87. The third-order valence-electron chi connectivity index (χ3n) is 6.81. The van der Waals surface area contributed by atoms with E-state index in [1.807, 2.05) is 19.0 Å². The van der Waals surface area contributed by atoms with Crippen LogP contribution in [-0.2, 0) is 16.0 Å². The molecule has 3 atom stereocenters. The minimum absolute atomic E-state index is 0.127. The van der Waals surface area contributed by atoms with Crippen LogP contribution >= 0.6 is 0 Å². The molecule has 1 aliphatic carbocycles. The SMILES string of the molecule is Cc1ccc(-c2cccc(C[C@]3(C(=O)N(C)C)CCN(C(=O)[C@H]4C[C@@H]4C)C3)c2)cc1. The van der Waals surface area contributed by atoms with Crippen molar-refractivity contribution in [1.82, 2.24) is 9.80 Å². The van der Waals surface area contributed by atoms with Crippen molar-refractivity contribution in [3.8, 4) is 11.1 Å². The lowest BCUT2D eigenvalue weighted by Gasteiger charge is -2.31. The van der Waals surface area contributed by atoms with E-state index in [4.69, 9.17) is 0 Å². The summed E-state index contributed by atoms with van der Waals surface area (Å²) in [5.74, 6) is 1.02. The molecule has 30 heavy (non-hydrogen) atoms. The number of benzene rings is 2. The number of hydrogen-bond donors (Lipinski definition) is 0. The third-order valence-corrected chi connectivity index (χ3v) is 6.81. The van der Waals surface area contributed by atoms with Gasteiger partial charge < -0.3 is 9.80 Å². The quantitative estimate of drug-likeness (QED) is 0.751. The fraction of sp³-hybridized carbons (Fsp3) is 0.462. The molecule has 4 nitrogen and oxygen atoms in total. The molecule has 2 amide bonds. The first-order chi connectivity index (χ1) is 14.3. The summed E-state index contributed by atoms with van der Waals surface area (Å²) in [7, 11) is 3.64. The topological polar surface area (TPSA) is 40.6 Å². The summed E-state index contributed by atoms with van der Waals surface area (Å²) >= 11 is 0. The van der Waals surface area contributed by atoms with Crippen LogP contribution in [0.5, 0.6) is 0 Å². The van der Waals surface area contributed by atoms with Gasteiger partial charge in [0.2, 0.25) is 11.8 Å². The van der Waals surface area contributed by atoms with Gasteiger partial charge >= 0.3 is 0 Å². The van der Waals surface area contributed by atoms with Crippen molar-refractivity contribution in [2.45, 2.75) is 33.1 Å². The first-order valence-corrected chi connectivity index (χ1v) is 11.0. The second-order valence-corrected chi connectivity index (χ2v) is 9.55. The number of carbonyl (C=O) groups excluding carboxylic acids is 2. The fourth-order valence-corrected chi connectivity index (χ4v) is 4.83. The highest BCUT2D eigenvalue weighted by Crippen LogP contribution is 2.43. The van der Waals surface area contributed by atoms with Crippen LogP contribution in [0.15, 0.2) is 48.5 Å². The van der Waals surface area contributed by atoms with E-state index in [9.17, 15) is 9.59 Å². The van der Waals surface area contributed by atoms with Crippen molar-refractivity contribution in [3.63, 3.8) is 0 Å². The van der Waals surface area contributed by atoms with Gasteiger partial charge in [-0.3, -0.25) is 9.59 Å². The maximum Gasteiger partial charge on any atom is 0.230 e. The van der Waals surface area contributed by atoms with Crippen LogP contribution in [0.3, 0.4) is 0 Å². The Kier molecular flexibility index (Phi) is 5.44. The van der Waals surface area contributed by atoms with E-state index in [0.717, 1.165) is 24.0 Å². The van der Waals surface area contributed by atoms with Crippen molar-refractivity contribution in [2.75, 3.05) is 27.2 Å². The average Bonchev–Trinajstić information content (AvgIpc) is 3.31. The van der Waals surface area contributed by atoms with Crippen LogP contribution in [0.4, 0.5) is 0 Å². The molecule has 0 unspecified atom stereocenters. The Bertz CT molecular complexity index is 950. The van der Waals surface area contributed by atoms with Gasteiger partial charge in [-0.15, -0.1) is 0 Å². The zero-order valence-corrected chi connectivity index (χ0v) is 18.5. The summed E-state index contributed by atoms with van der Waals surface area (Å²) in [5, 5.41) is 0. The van der Waals surface area contributed by atoms with Gasteiger partial charge in [0, 0.05) is 33.1 Å². The highest BCUT2D eigenvalue weighted by atomic mass is 16.2. The molecule has 0 bridgehead atoms. The van der Waals surface area contributed by atoms with E-state index in [2.05, 4.69) is 62.4 Å². The zero-order chi connectivity index (χ0) is 21.5. The highest BCUT2D eigenvalue weighted by Gasteiger charge is 2.50. The van der Waals surface area contributed by atoms with E-state index in [1.54, 1.807) is 4.90 Å². The van der Waals surface area contributed by atoms with Crippen molar-refractivity contribution in [1.29, 1.82) is 0 Å². The van der Waals surface area contributed by atoms with E-state index in [0.29, 0.717) is 25.4 Å². The normalized spacial score (nSPS) is 25.3. The molecule has 2 aromatic carbocycles. The minimum Gasteiger partial charge on any atom is -0.348 e. The first-order valence-electron chi connectivity index (χ1n) is 11.0. The molecule has 4 heteroatoms. The molecular weight excluding hydrogens is 372 g/mol. The van der Waals surface area contributed by atoms with Gasteiger partial charge in [-0.25, -0.2) is 0 Å². The second-order valence-electron chi connectivity index (χ2n) is 9.55. The molecule has 4 rings (SSSR count). The maximum atomic E-state index is 13.3. The van der Waals surface area contributed by atoms with Gasteiger partial charge in [0.05, 0.1) is 5.41 Å². The summed E-state index contributed by atoms with van der Waals surface area (Å²) in [6.45, 7) is 5.43. The zero-order valence-electron chi connectivity index (χ0n) is 18.5. The number of amides is 2. The van der Waals surface area contributed by atoms with Crippen LogP contribution in [0.25, 0.3) is 11.1 Å². The van der Waals surface area contributed by atoms with Crippen LogP contribution in [0.2, 0.25) is 0 Å². The minimum atomic E-state index is -0.539. The van der Waals surface area contributed by atoms with E-state index < -0.39 is 5.41 Å². The predicted molar refractivity (Wildman–Crippen MR) is 120 cm³/mol.